The van der Waals surface area contributed by atoms with Gasteiger partial charge in [-0.05, 0) is 31.2 Å². The summed E-state index contributed by atoms with van der Waals surface area (Å²) in [5, 5.41) is 10.8. The van der Waals surface area contributed by atoms with E-state index >= 15 is 0 Å². The van der Waals surface area contributed by atoms with Gasteiger partial charge in [0.15, 0.2) is 5.58 Å². The number of para-hydroxylation sites is 2. The Morgan fingerprint density at radius 1 is 1.17 bits per heavy atom. The first-order valence-corrected chi connectivity index (χ1v) is 9.99. The van der Waals surface area contributed by atoms with Gasteiger partial charge < -0.3 is 20.0 Å². The zero-order valence-electron chi connectivity index (χ0n) is 16.1. The van der Waals surface area contributed by atoms with Crippen LogP contribution in [0.25, 0.3) is 11.1 Å². The normalized spacial score (nSPS) is 12.5. The molecule has 0 saturated carbocycles. The van der Waals surface area contributed by atoms with E-state index in [1.165, 1.54) is 0 Å². The van der Waals surface area contributed by atoms with Crippen LogP contribution in [0, 0.1) is 0 Å². The van der Waals surface area contributed by atoms with Gasteiger partial charge in [-0.3, -0.25) is 4.79 Å². The summed E-state index contributed by atoms with van der Waals surface area (Å²) in [5.74, 6) is -2.44. The van der Waals surface area contributed by atoms with Crippen LogP contribution in [0.5, 0.6) is 0 Å². The number of fused-ring (bicyclic) bond motifs is 1. The van der Waals surface area contributed by atoms with Crippen molar-refractivity contribution in [2.45, 2.75) is 12.1 Å². The zero-order valence-corrected chi connectivity index (χ0v) is 16.9. The van der Waals surface area contributed by atoms with Gasteiger partial charge in [0.25, 0.3) is 11.1 Å². The lowest BCUT2D eigenvalue weighted by molar-refractivity contribution is -0.138. The van der Waals surface area contributed by atoms with E-state index in [2.05, 4.69) is 9.98 Å². The molecule has 1 heterocycles. The molecule has 3 aromatic rings. The number of nitrogens with zero attached hydrogens (tertiary/aromatic N) is 2. The largest absolute Gasteiger partial charge is 0.510 e. The average Bonchev–Trinajstić information content (AvgIpc) is 3.16. The Balaban J connectivity index is 1.84. The van der Waals surface area contributed by atoms with Crippen LogP contribution in [0.3, 0.4) is 0 Å². The summed E-state index contributed by atoms with van der Waals surface area (Å²) < 4.78 is 10.5. The van der Waals surface area contributed by atoms with E-state index in [0.29, 0.717) is 21.9 Å². The van der Waals surface area contributed by atoms with E-state index < -0.39 is 23.5 Å². The van der Waals surface area contributed by atoms with Crippen LogP contribution < -0.4 is 5.73 Å². The molecule has 3 N–H and O–H groups in total. The van der Waals surface area contributed by atoms with Crippen molar-refractivity contribution >= 4 is 40.6 Å². The minimum atomic E-state index is -0.879. The molecule has 30 heavy (non-hydrogen) atoms. The zero-order chi connectivity index (χ0) is 21.5. The summed E-state index contributed by atoms with van der Waals surface area (Å²) in [6.45, 7) is 1.68. The fourth-order valence-corrected chi connectivity index (χ4v) is 3.22. The second kappa shape index (κ2) is 9.75. The van der Waals surface area contributed by atoms with Crippen molar-refractivity contribution in [2.24, 2.45) is 10.7 Å². The lowest BCUT2D eigenvalue weighted by Crippen LogP contribution is -2.26. The standard InChI is InChI=1S/C21H19N3O5S/c1-2-28-20(27)17(18(22)24-19(26)13-8-4-3-5-9-13)15(25)12-30-21-23-14-10-6-7-11-16(14)29-21/h3-11,25H,2,12H2,1H3,(H2,22,24,26). The number of nitrogens with two attached hydrogens (primary N) is 1. The van der Waals surface area contributed by atoms with Crippen molar-refractivity contribution in [1.29, 1.82) is 0 Å². The summed E-state index contributed by atoms with van der Waals surface area (Å²) in [7, 11) is 0. The number of amidine groups is 1. The molecule has 0 aliphatic heterocycles. The number of aliphatic imine (C=N–C) groups is 1. The summed E-state index contributed by atoms with van der Waals surface area (Å²) in [6.07, 6.45) is 0. The number of amides is 1. The molecule has 2 aromatic carbocycles. The van der Waals surface area contributed by atoms with Crippen molar-refractivity contribution in [3.8, 4) is 0 Å². The number of aliphatic hydroxyl groups excluding tert-OH is 1. The third-order valence-electron chi connectivity index (χ3n) is 3.87. The number of esters is 1. The highest BCUT2D eigenvalue weighted by molar-refractivity contribution is 7.99. The molecular formula is C21H19N3O5S. The molecule has 1 aromatic heterocycles. The maximum absolute atomic E-state index is 12.3. The number of aromatic nitrogens is 1. The van der Waals surface area contributed by atoms with E-state index in [4.69, 9.17) is 14.9 Å². The van der Waals surface area contributed by atoms with E-state index in [1.54, 1.807) is 49.4 Å². The Labute approximate surface area is 176 Å². The summed E-state index contributed by atoms with van der Waals surface area (Å²) in [6, 6.07) is 15.4. The van der Waals surface area contributed by atoms with Crippen molar-refractivity contribution < 1.29 is 23.8 Å². The quantitative estimate of drug-likeness (QED) is 0.147. The third-order valence-corrected chi connectivity index (χ3v) is 4.71. The highest BCUT2D eigenvalue weighted by Gasteiger charge is 2.23. The number of carbonyl (C=O) groups excluding carboxylic acids is 2. The van der Waals surface area contributed by atoms with Gasteiger partial charge in [-0.15, -0.1) is 0 Å². The average molecular weight is 425 g/mol. The minimum absolute atomic E-state index is 0.0633. The molecule has 154 valence electrons. The van der Waals surface area contributed by atoms with Gasteiger partial charge >= 0.3 is 5.97 Å². The van der Waals surface area contributed by atoms with Crippen LogP contribution in [0.15, 0.2) is 80.6 Å². The van der Waals surface area contributed by atoms with E-state index in [0.717, 1.165) is 11.8 Å². The Hall–Kier alpha value is -3.59. The van der Waals surface area contributed by atoms with Crippen LogP contribution in [0.1, 0.15) is 17.3 Å². The molecule has 1 amide bonds. The van der Waals surface area contributed by atoms with Gasteiger partial charge in [-0.1, -0.05) is 42.1 Å². The molecule has 0 atom stereocenters. The Bertz CT molecular complexity index is 1090. The van der Waals surface area contributed by atoms with Gasteiger partial charge in [0.1, 0.15) is 22.7 Å². The van der Waals surface area contributed by atoms with Crippen molar-refractivity contribution in [3.63, 3.8) is 0 Å². The highest BCUT2D eigenvalue weighted by Crippen LogP contribution is 2.25. The molecule has 0 radical (unpaired) electrons. The topological polar surface area (TPSA) is 128 Å². The third kappa shape index (κ3) is 5.06. The summed E-state index contributed by atoms with van der Waals surface area (Å²) in [5.41, 5.74) is 7.08. The van der Waals surface area contributed by atoms with Crippen LogP contribution in [0.4, 0.5) is 0 Å². The maximum Gasteiger partial charge on any atom is 0.345 e. The smallest absolute Gasteiger partial charge is 0.345 e. The predicted octanol–water partition coefficient (Wildman–Crippen LogP) is 3.49. The van der Waals surface area contributed by atoms with E-state index in [1.807, 2.05) is 12.1 Å². The van der Waals surface area contributed by atoms with Crippen LogP contribution in [-0.2, 0) is 9.53 Å². The number of ether oxygens (including phenoxy) is 1. The fourth-order valence-electron chi connectivity index (χ4n) is 2.50. The molecule has 0 fully saturated rings. The molecule has 8 nitrogen and oxygen atoms in total. The molecule has 9 heteroatoms. The van der Waals surface area contributed by atoms with E-state index in [-0.39, 0.29) is 17.9 Å². The number of hydrogen-bond acceptors (Lipinski definition) is 7. The number of thioether (sulfide) groups is 1. The molecule has 0 spiro atoms. The second-order valence-electron chi connectivity index (χ2n) is 5.95. The van der Waals surface area contributed by atoms with Crippen LogP contribution >= 0.6 is 11.8 Å². The fraction of sp³-hybridized carbons (Fsp3) is 0.143. The Morgan fingerprint density at radius 3 is 2.57 bits per heavy atom. The minimum Gasteiger partial charge on any atom is -0.510 e. The Morgan fingerprint density at radius 2 is 1.87 bits per heavy atom. The van der Waals surface area contributed by atoms with Gasteiger partial charge in [-0.2, -0.15) is 4.99 Å². The number of aliphatic hydroxyl groups is 1. The van der Waals surface area contributed by atoms with Gasteiger partial charge in [0.05, 0.1) is 12.4 Å². The molecular weight excluding hydrogens is 406 g/mol. The number of hydrogen-bond donors (Lipinski definition) is 2. The maximum atomic E-state index is 12.3. The second-order valence-corrected chi connectivity index (χ2v) is 6.87. The van der Waals surface area contributed by atoms with Gasteiger partial charge in [0, 0.05) is 5.56 Å². The van der Waals surface area contributed by atoms with Crippen LogP contribution in [0.2, 0.25) is 0 Å². The molecule has 0 unspecified atom stereocenters. The number of oxazole rings is 1. The number of benzene rings is 2. The van der Waals surface area contributed by atoms with Gasteiger partial charge in [0.2, 0.25) is 0 Å². The molecule has 0 saturated heterocycles. The SMILES string of the molecule is CCOC(=O)C(C(N)=NC(=O)c1ccccc1)=C(O)CSc1nc2ccccc2o1. The first-order valence-electron chi connectivity index (χ1n) is 9.01. The molecule has 0 aliphatic carbocycles. The molecule has 0 bridgehead atoms. The first kappa shape index (κ1) is 21.1. The number of rotatable bonds is 7. The monoisotopic (exact) mass is 425 g/mol. The van der Waals surface area contributed by atoms with Crippen molar-refractivity contribution in [2.75, 3.05) is 12.4 Å². The molecule has 3 rings (SSSR count). The van der Waals surface area contributed by atoms with Gasteiger partial charge in [-0.25, -0.2) is 9.78 Å². The van der Waals surface area contributed by atoms with Crippen molar-refractivity contribution in [3.05, 3.63) is 71.5 Å². The highest BCUT2D eigenvalue weighted by atomic mass is 32.2. The Kier molecular flexibility index (Phi) is 6.87. The molecule has 0 aliphatic rings. The van der Waals surface area contributed by atoms with Crippen LogP contribution in [-0.4, -0.2) is 40.2 Å². The van der Waals surface area contributed by atoms with Crippen molar-refractivity contribution in [1.82, 2.24) is 4.98 Å². The lowest BCUT2D eigenvalue weighted by atomic mass is 10.2. The summed E-state index contributed by atoms with van der Waals surface area (Å²) >= 11 is 1.06. The number of carbonyl (C=O) groups is 2. The predicted molar refractivity (Wildman–Crippen MR) is 113 cm³/mol. The first-order chi connectivity index (χ1) is 14.5. The summed E-state index contributed by atoms with van der Waals surface area (Å²) in [4.78, 5) is 32.7. The lowest BCUT2D eigenvalue weighted by Gasteiger charge is -2.09. The van der Waals surface area contributed by atoms with E-state index in [9.17, 15) is 14.7 Å².